The minimum absolute atomic E-state index is 0.0129. The highest BCUT2D eigenvalue weighted by Crippen LogP contribution is 2.45. The Labute approximate surface area is 178 Å². The van der Waals surface area contributed by atoms with Gasteiger partial charge in [-0.25, -0.2) is 0 Å². The molecule has 1 fully saturated rings. The van der Waals surface area contributed by atoms with Crippen molar-refractivity contribution in [3.05, 3.63) is 54.1 Å². The van der Waals surface area contributed by atoms with E-state index in [4.69, 9.17) is 4.99 Å². The lowest BCUT2D eigenvalue weighted by molar-refractivity contribution is -0.124. The molecule has 30 heavy (non-hydrogen) atoms. The average Bonchev–Trinajstić information content (AvgIpc) is 2.88. The van der Waals surface area contributed by atoms with Crippen molar-refractivity contribution in [2.45, 2.75) is 39.2 Å². The number of para-hydroxylation sites is 2. The van der Waals surface area contributed by atoms with Crippen LogP contribution in [0.1, 0.15) is 44.7 Å². The number of Topliss-reactive ketones (excluding diaryl/α,β-unsaturated/α-hetero) is 1. The molecule has 2 unspecified atom stereocenters. The fourth-order valence-electron chi connectivity index (χ4n) is 4.49. The second-order valence-corrected chi connectivity index (χ2v) is 8.68. The average molecular weight is 404 g/mol. The van der Waals surface area contributed by atoms with Crippen molar-refractivity contribution in [1.82, 2.24) is 0 Å². The largest absolute Gasteiger partial charge is 0.378 e. The molecule has 5 heteroatoms. The normalized spacial score (nSPS) is 20.9. The zero-order valence-electron chi connectivity index (χ0n) is 18.1. The van der Waals surface area contributed by atoms with Gasteiger partial charge in [0.15, 0.2) is 0 Å². The molecule has 0 bridgehead atoms. The van der Waals surface area contributed by atoms with Gasteiger partial charge in [-0.1, -0.05) is 38.1 Å². The first-order valence-electron chi connectivity index (χ1n) is 10.7. The van der Waals surface area contributed by atoms with Gasteiger partial charge < -0.3 is 9.80 Å². The number of rotatable bonds is 3. The molecule has 2 atom stereocenters. The molecule has 1 aliphatic carbocycles. The molecule has 0 N–H and O–H groups in total. The predicted molar refractivity (Wildman–Crippen MR) is 122 cm³/mol. The van der Waals surface area contributed by atoms with Crippen LogP contribution in [0, 0.1) is 11.8 Å². The van der Waals surface area contributed by atoms with Crippen LogP contribution in [0.5, 0.6) is 0 Å². The number of carbonyl (C=O) groups excluding carboxylic acids is 2. The van der Waals surface area contributed by atoms with Crippen LogP contribution in [0.4, 0.5) is 17.1 Å². The summed E-state index contributed by atoms with van der Waals surface area (Å²) in [6, 6.07) is 15.6. The second kappa shape index (κ2) is 8.05. The quantitative estimate of drug-likeness (QED) is 0.729. The van der Waals surface area contributed by atoms with E-state index in [0.717, 1.165) is 41.2 Å². The molecular formula is C25H29N3O2. The number of fused-ring (bicyclic) bond motifs is 2. The Balaban J connectivity index is 1.94. The van der Waals surface area contributed by atoms with E-state index < -0.39 is 5.92 Å². The Morgan fingerprint density at radius 2 is 1.77 bits per heavy atom. The molecule has 1 amide bonds. The van der Waals surface area contributed by atoms with E-state index in [0.29, 0.717) is 6.42 Å². The van der Waals surface area contributed by atoms with Crippen LogP contribution < -0.4 is 9.80 Å². The summed E-state index contributed by atoms with van der Waals surface area (Å²) in [6.45, 7) is 3.82. The molecule has 5 nitrogen and oxygen atoms in total. The number of hydrogen-bond acceptors (Lipinski definition) is 4. The van der Waals surface area contributed by atoms with Gasteiger partial charge in [-0.2, -0.15) is 0 Å². The van der Waals surface area contributed by atoms with Crippen LogP contribution in [0.2, 0.25) is 0 Å². The monoisotopic (exact) mass is 403 g/mol. The van der Waals surface area contributed by atoms with E-state index in [-0.39, 0.29) is 23.7 Å². The number of aliphatic imine (C=N–C) groups is 1. The smallest absolute Gasteiger partial charge is 0.230 e. The molecule has 2 aromatic rings. The maximum atomic E-state index is 13.5. The summed E-state index contributed by atoms with van der Waals surface area (Å²) in [5.41, 5.74) is 4.51. The zero-order valence-corrected chi connectivity index (χ0v) is 18.1. The van der Waals surface area contributed by atoms with E-state index in [1.807, 2.05) is 86.3 Å². The first-order valence-corrected chi connectivity index (χ1v) is 10.7. The maximum Gasteiger partial charge on any atom is 0.230 e. The van der Waals surface area contributed by atoms with Gasteiger partial charge in [0.05, 0.1) is 23.3 Å². The third kappa shape index (κ3) is 3.53. The Hall–Kier alpha value is -2.95. The van der Waals surface area contributed by atoms with Crippen LogP contribution >= 0.6 is 0 Å². The van der Waals surface area contributed by atoms with Crippen LogP contribution in [0.15, 0.2) is 53.5 Å². The van der Waals surface area contributed by atoms with Gasteiger partial charge in [0.1, 0.15) is 5.78 Å². The first-order chi connectivity index (χ1) is 14.4. The van der Waals surface area contributed by atoms with Crippen molar-refractivity contribution in [3.8, 4) is 0 Å². The van der Waals surface area contributed by atoms with Gasteiger partial charge in [0.25, 0.3) is 0 Å². The van der Waals surface area contributed by atoms with E-state index in [2.05, 4.69) is 0 Å². The Morgan fingerprint density at radius 1 is 1.07 bits per heavy atom. The molecule has 1 aliphatic heterocycles. The van der Waals surface area contributed by atoms with Crippen LogP contribution in [0.3, 0.4) is 0 Å². The van der Waals surface area contributed by atoms with Crippen LogP contribution in [0.25, 0.3) is 0 Å². The molecule has 1 heterocycles. The molecule has 0 radical (unpaired) electrons. The predicted octanol–water partition coefficient (Wildman–Crippen LogP) is 4.94. The van der Waals surface area contributed by atoms with E-state index in [1.54, 1.807) is 0 Å². The van der Waals surface area contributed by atoms with Crippen molar-refractivity contribution in [2.24, 2.45) is 16.8 Å². The number of ketones is 1. The molecule has 0 spiro atoms. The number of carbonyl (C=O) groups is 2. The third-order valence-electron chi connectivity index (χ3n) is 6.04. The summed E-state index contributed by atoms with van der Waals surface area (Å²) >= 11 is 0. The van der Waals surface area contributed by atoms with Crippen molar-refractivity contribution >= 4 is 34.5 Å². The molecule has 2 aliphatic rings. The zero-order chi connectivity index (χ0) is 21.4. The van der Waals surface area contributed by atoms with Crippen molar-refractivity contribution in [1.29, 1.82) is 0 Å². The van der Waals surface area contributed by atoms with Gasteiger partial charge in [0, 0.05) is 37.8 Å². The standard InChI is InChI=1S/C25H29N3O2/c1-16(2)25(30)28-21-10-6-5-8-19(21)26-20-9-7-11-22(29)23(20)24(28)17-12-14-18(15-13-17)27(3)4/h5-6,8,10,12-16,23-24H,7,9,11H2,1-4H3. The fraction of sp³-hybridized carbons (Fsp3) is 0.400. The van der Waals surface area contributed by atoms with Gasteiger partial charge >= 0.3 is 0 Å². The summed E-state index contributed by atoms with van der Waals surface area (Å²) < 4.78 is 0. The Morgan fingerprint density at radius 3 is 2.43 bits per heavy atom. The summed E-state index contributed by atoms with van der Waals surface area (Å²) in [7, 11) is 4.00. The highest BCUT2D eigenvalue weighted by Gasteiger charge is 2.44. The number of benzene rings is 2. The van der Waals surface area contributed by atoms with Crippen LogP contribution in [-0.2, 0) is 9.59 Å². The summed E-state index contributed by atoms with van der Waals surface area (Å²) in [4.78, 5) is 35.5. The van der Waals surface area contributed by atoms with Gasteiger partial charge in [-0.3, -0.25) is 14.6 Å². The van der Waals surface area contributed by atoms with Gasteiger partial charge in [0.2, 0.25) is 5.91 Å². The highest BCUT2D eigenvalue weighted by molar-refractivity contribution is 6.12. The Bertz CT molecular complexity index is 992. The van der Waals surface area contributed by atoms with E-state index >= 15 is 0 Å². The molecule has 4 rings (SSSR count). The highest BCUT2D eigenvalue weighted by atomic mass is 16.2. The molecule has 156 valence electrons. The minimum Gasteiger partial charge on any atom is -0.378 e. The summed E-state index contributed by atoms with van der Waals surface area (Å²) in [5, 5.41) is 0. The summed E-state index contributed by atoms with van der Waals surface area (Å²) in [5.74, 6) is -0.407. The summed E-state index contributed by atoms with van der Waals surface area (Å²) in [6.07, 6.45) is 2.15. The minimum atomic E-state index is -0.404. The molecule has 0 saturated heterocycles. The lowest BCUT2D eigenvalue weighted by Gasteiger charge is -2.38. The second-order valence-electron chi connectivity index (χ2n) is 8.68. The van der Waals surface area contributed by atoms with E-state index in [9.17, 15) is 9.59 Å². The van der Waals surface area contributed by atoms with Crippen molar-refractivity contribution < 1.29 is 9.59 Å². The van der Waals surface area contributed by atoms with Gasteiger partial charge in [-0.15, -0.1) is 0 Å². The maximum absolute atomic E-state index is 13.5. The van der Waals surface area contributed by atoms with Crippen molar-refractivity contribution in [3.63, 3.8) is 0 Å². The SMILES string of the molecule is CC(C)C(=O)N1c2ccccc2N=C2CCCC(=O)C2C1c1ccc(N(C)C)cc1. The van der Waals surface area contributed by atoms with Crippen molar-refractivity contribution in [2.75, 3.05) is 23.9 Å². The van der Waals surface area contributed by atoms with E-state index in [1.165, 1.54) is 0 Å². The fourth-order valence-corrected chi connectivity index (χ4v) is 4.49. The molecule has 0 aromatic heterocycles. The first kappa shape index (κ1) is 20.3. The number of nitrogens with zero attached hydrogens (tertiary/aromatic N) is 3. The lowest BCUT2D eigenvalue weighted by Crippen LogP contribution is -2.45. The Kier molecular flexibility index (Phi) is 5.46. The molecule has 2 aromatic carbocycles. The molecule has 1 saturated carbocycles. The topological polar surface area (TPSA) is 53.0 Å². The van der Waals surface area contributed by atoms with Crippen LogP contribution in [-0.4, -0.2) is 31.5 Å². The number of amides is 1. The third-order valence-corrected chi connectivity index (χ3v) is 6.04. The lowest BCUT2D eigenvalue weighted by atomic mass is 9.77. The number of anilines is 2. The number of hydrogen-bond donors (Lipinski definition) is 0. The molecular weight excluding hydrogens is 374 g/mol. The van der Waals surface area contributed by atoms with Gasteiger partial charge in [-0.05, 0) is 42.7 Å².